The number of allylic oxidation sites excluding steroid dienone is 3. The highest BCUT2D eigenvalue weighted by Crippen LogP contribution is 2.26. The quantitative estimate of drug-likeness (QED) is 0.120. The number of amides is 2. The van der Waals surface area contributed by atoms with Crippen LogP contribution in [0, 0.1) is 5.41 Å². The second-order valence-electron chi connectivity index (χ2n) is 11.1. The molecule has 9 heteroatoms. The van der Waals surface area contributed by atoms with E-state index in [0.717, 1.165) is 47.4 Å². The maximum atomic E-state index is 13.4. The summed E-state index contributed by atoms with van der Waals surface area (Å²) in [5, 5.41) is 20.6. The Morgan fingerprint density at radius 2 is 1.85 bits per heavy atom. The highest BCUT2D eigenvalue weighted by atomic mass is 16.1. The number of pyridine rings is 1. The van der Waals surface area contributed by atoms with Crippen LogP contribution in [0.3, 0.4) is 0 Å². The molecule has 0 saturated heterocycles. The van der Waals surface area contributed by atoms with Crippen molar-refractivity contribution in [1.29, 1.82) is 5.41 Å². The molecule has 3 rings (SSSR count). The number of anilines is 1. The highest BCUT2D eigenvalue weighted by molar-refractivity contribution is 6.05. The van der Waals surface area contributed by atoms with Crippen LogP contribution in [-0.4, -0.2) is 48.2 Å². The van der Waals surface area contributed by atoms with Crippen molar-refractivity contribution >= 4 is 24.3 Å². The Balaban J connectivity index is 1.84. The van der Waals surface area contributed by atoms with Crippen LogP contribution in [-0.2, 0) is 11.3 Å². The SMILES string of the molecule is C/C(=C/C(C)=C(\C)CNC(=O)c1cc(-c2ccc(CNC3CCCCC3N)cc2)nc(NC(C)C)c1C=N)NC=O. The molecule has 1 heterocycles. The van der Waals surface area contributed by atoms with Crippen molar-refractivity contribution in [2.75, 3.05) is 11.9 Å². The third-order valence-electron chi connectivity index (χ3n) is 7.42. The normalized spacial score (nSPS) is 18.0. The molecule has 1 aliphatic carbocycles. The lowest BCUT2D eigenvalue weighted by Gasteiger charge is -2.29. The van der Waals surface area contributed by atoms with Gasteiger partial charge < -0.3 is 32.4 Å². The van der Waals surface area contributed by atoms with Crippen LogP contribution in [0.25, 0.3) is 11.3 Å². The fraction of sp³-hybridized carbons (Fsp3) is 0.438. The van der Waals surface area contributed by atoms with Gasteiger partial charge in [0.05, 0.1) is 11.3 Å². The Morgan fingerprint density at radius 1 is 1.15 bits per heavy atom. The second kappa shape index (κ2) is 15.3. The van der Waals surface area contributed by atoms with Gasteiger partial charge in [0, 0.05) is 54.3 Å². The van der Waals surface area contributed by atoms with Crippen molar-refractivity contribution in [3.8, 4) is 11.3 Å². The van der Waals surface area contributed by atoms with Gasteiger partial charge in [0.2, 0.25) is 6.41 Å². The molecule has 7 N–H and O–H groups in total. The minimum Gasteiger partial charge on any atom is -0.367 e. The molecule has 2 amide bonds. The van der Waals surface area contributed by atoms with Gasteiger partial charge in [0.15, 0.2) is 0 Å². The predicted molar refractivity (Wildman–Crippen MR) is 167 cm³/mol. The van der Waals surface area contributed by atoms with Gasteiger partial charge in [-0.1, -0.05) is 42.7 Å². The minimum atomic E-state index is -0.289. The molecule has 1 aromatic carbocycles. The lowest BCUT2D eigenvalue weighted by atomic mass is 9.91. The van der Waals surface area contributed by atoms with E-state index < -0.39 is 0 Å². The first-order chi connectivity index (χ1) is 19.6. The number of aromatic nitrogens is 1. The van der Waals surface area contributed by atoms with Crippen molar-refractivity contribution in [2.45, 2.75) is 85.0 Å². The zero-order chi connectivity index (χ0) is 29.9. The third kappa shape index (κ3) is 9.09. The van der Waals surface area contributed by atoms with Crippen LogP contribution in [0.4, 0.5) is 5.82 Å². The molecular formula is C32H45N7O2. The molecule has 0 spiro atoms. The van der Waals surface area contributed by atoms with E-state index in [2.05, 4.69) is 33.4 Å². The van der Waals surface area contributed by atoms with Crippen molar-refractivity contribution in [2.24, 2.45) is 5.73 Å². The predicted octanol–water partition coefficient (Wildman–Crippen LogP) is 4.64. The molecule has 220 valence electrons. The van der Waals surface area contributed by atoms with Gasteiger partial charge in [-0.3, -0.25) is 9.59 Å². The zero-order valence-electron chi connectivity index (χ0n) is 24.9. The summed E-state index contributed by atoms with van der Waals surface area (Å²) in [6.07, 6.45) is 8.28. The van der Waals surface area contributed by atoms with Gasteiger partial charge >= 0.3 is 0 Å². The van der Waals surface area contributed by atoms with Crippen LogP contribution in [0.2, 0.25) is 0 Å². The number of hydrogen-bond donors (Lipinski definition) is 6. The minimum absolute atomic E-state index is 0.0646. The summed E-state index contributed by atoms with van der Waals surface area (Å²) in [5.41, 5.74) is 12.4. The second-order valence-corrected chi connectivity index (χ2v) is 11.1. The fourth-order valence-electron chi connectivity index (χ4n) is 4.91. The molecular weight excluding hydrogens is 514 g/mol. The summed E-state index contributed by atoms with van der Waals surface area (Å²) in [6.45, 7) is 10.7. The van der Waals surface area contributed by atoms with Crippen LogP contribution < -0.4 is 27.0 Å². The van der Waals surface area contributed by atoms with Crippen LogP contribution in [0.1, 0.15) is 81.8 Å². The molecule has 2 atom stereocenters. The average molecular weight is 560 g/mol. The van der Waals surface area contributed by atoms with Crippen LogP contribution in [0.5, 0.6) is 0 Å². The molecule has 1 fully saturated rings. The first kappa shape index (κ1) is 31.7. The van der Waals surface area contributed by atoms with Gasteiger partial charge in [-0.2, -0.15) is 0 Å². The first-order valence-corrected chi connectivity index (χ1v) is 14.4. The number of carbonyl (C=O) groups excluding carboxylic acids is 2. The number of benzene rings is 1. The Morgan fingerprint density at radius 3 is 2.49 bits per heavy atom. The molecule has 0 aliphatic heterocycles. The summed E-state index contributed by atoms with van der Waals surface area (Å²) >= 11 is 0. The van der Waals surface area contributed by atoms with E-state index in [0.29, 0.717) is 41.6 Å². The molecule has 0 bridgehead atoms. The molecule has 2 unspecified atom stereocenters. The highest BCUT2D eigenvalue weighted by Gasteiger charge is 2.21. The number of hydrogen-bond acceptors (Lipinski definition) is 7. The molecule has 1 aromatic heterocycles. The van der Waals surface area contributed by atoms with Crippen molar-refractivity contribution < 1.29 is 9.59 Å². The molecule has 0 radical (unpaired) electrons. The summed E-state index contributed by atoms with van der Waals surface area (Å²) in [7, 11) is 0. The van der Waals surface area contributed by atoms with Crippen molar-refractivity contribution in [3.05, 3.63) is 69.9 Å². The van der Waals surface area contributed by atoms with Crippen LogP contribution >= 0.6 is 0 Å². The summed E-state index contributed by atoms with van der Waals surface area (Å²) < 4.78 is 0. The summed E-state index contributed by atoms with van der Waals surface area (Å²) in [6, 6.07) is 10.6. The maximum absolute atomic E-state index is 13.4. The van der Waals surface area contributed by atoms with Crippen LogP contribution in [0.15, 0.2) is 53.3 Å². The lowest BCUT2D eigenvalue weighted by molar-refractivity contribution is -0.108. The van der Waals surface area contributed by atoms with E-state index in [1.165, 1.54) is 19.1 Å². The molecule has 2 aromatic rings. The Hall–Kier alpha value is -3.82. The summed E-state index contributed by atoms with van der Waals surface area (Å²) in [5.74, 6) is 0.207. The van der Waals surface area contributed by atoms with E-state index in [4.69, 9.17) is 16.1 Å². The molecule has 41 heavy (non-hydrogen) atoms. The Bertz CT molecular complexity index is 1280. The van der Waals surface area contributed by atoms with Crippen molar-refractivity contribution in [3.63, 3.8) is 0 Å². The smallest absolute Gasteiger partial charge is 0.252 e. The molecule has 1 saturated carbocycles. The maximum Gasteiger partial charge on any atom is 0.252 e. The van der Waals surface area contributed by atoms with E-state index in [1.54, 1.807) is 13.0 Å². The topological polar surface area (TPSA) is 145 Å². The van der Waals surface area contributed by atoms with Crippen molar-refractivity contribution in [1.82, 2.24) is 20.9 Å². The first-order valence-electron chi connectivity index (χ1n) is 14.4. The number of nitrogens with two attached hydrogens (primary N) is 1. The zero-order valence-corrected chi connectivity index (χ0v) is 24.9. The average Bonchev–Trinajstić information content (AvgIpc) is 2.95. The number of nitrogens with one attached hydrogen (secondary N) is 5. The van der Waals surface area contributed by atoms with Gasteiger partial charge in [-0.25, -0.2) is 4.98 Å². The van der Waals surface area contributed by atoms with Gasteiger partial charge in [0.25, 0.3) is 5.91 Å². The number of nitrogens with zero attached hydrogens (tertiary/aromatic N) is 1. The lowest BCUT2D eigenvalue weighted by Crippen LogP contribution is -2.46. The largest absolute Gasteiger partial charge is 0.367 e. The number of carbonyl (C=O) groups is 2. The standard InChI is InChI=1S/C32H45N7O2/c1-20(2)38-31-27(16-33)26(32(41)36-17-22(4)21(3)14-23(5)37-19-40)15-30(39-31)25-12-10-24(11-13-25)18-35-29-9-7-6-8-28(29)34/h10-16,19-20,28-29,33,35H,6-9,17-18,34H2,1-5H3,(H,36,41)(H,37,40)(H,38,39)/b22-21+,23-14-,33-16?. The fourth-order valence-corrected chi connectivity index (χ4v) is 4.91. The van der Waals surface area contributed by atoms with E-state index in [1.807, 2.05) is 45.9 Å². The Kier molecular flexibility index (Phi) is 11.8. The monoisotopic (exact) mass is 559 g/mol. The summed E-state index contributed by atoms with van der Waals surface area (Å²) in [4.78, 5) is 28.9. The molecule has 1 aliphatic rings. The van der Waals surface area contributed by atoms with Gasteiger partial charge in [-0.15, -0.1) is 0 Å². The number of rotatable bonds is 13. The van der Waals surface area contributed by atoms with E-state index in [-0.39, 0.29) is 18.0 Å². The third-order valence-corrected chi connectivity index (χ3v) is 7.42. The van der Waals surface area contributed by atoms with Gasteiger partial charge in [-0.05, 0) is 70.7 Å². The van der Waals surface area contributed by atoms with E-state index in [9.17, 15) is 9.59 Å². The van der Waals surface area contributed by atoms with Gasteiger partial charge in [0.1, 0.15) is 5.82 Å². The van der Waals surface area contributed by atoms with E-state index >= 15 is 0 Å². The molecule has 9 nitrogen and oxygen atoms in total. The Labute approximate surface area is 244 Å².